The van der Waals surface area contributed by atoms with Crippen molar-refractivity contribution in [3.05, 3.63) is 29.6 Å². The molecule has 0 aliphatic carbocycles. The molecule has 0 heterocycles. The van der Waals surface area contributed by atoms with Crippen LogP contribution in [0.25, 0.3) is 0 Å². The Hall–Kier alpha value is -1.02. The van der Waals surface area contributed by atoms with Crippen LogP contribution in [0.3, 0.4) is 0 Å². The number of aliphatic hydroxyl groups is 1. The molecule has 1 aromatic carbocycles. The largest absolute Gasteiger partial charge is 0.395 e. The van der Waals surface area contributed by atoms with Crippen molar-refractivity contribution >= 4 is 10.0 Å². The van der Waals surface area contributed by atoms with Crippen molar-refractivity contribution in [2.24, 2.45) is 5.73 Å². The minimum absolute atomic E-state index is 0.0186. The number of sulfonamides is 1. The first kappa shape index (κ1) is 18.0. The summed E-state index contributed by atoms with van der Waals surface area (Å²) < 4.78 is 40.6. The number of nitrogens with two attached hydrogens (primary N) is 1. The molecule has 3 N–H and O–H groups in total. The van der Waals surface area contributed by atoms with Gasteiger partial charge < -0.3 is 10.8 Å². The lowest BCUT2D eigenvalue weighted by atomic mass is 10.2. The fraction of sp³-hybridized carbons (Fsp3) is 0.571. The van der Waals surface area contributed by atoms with Crippen molar-refractivity contribution in [3.8, 4) is 0 Å². The maximum Gasteiger partial charge on any atom is 0.243 e. The van der Waals surface area contributed by atoms with Gasteiger partial charge >= 0.3 is 0 Å². The van der Waals surface area contributed by atoms with Gasteiger partial charge in [0.15, 0.2) is 0 Å². The normalized spacial score (nSPS) is 12.3. The van der Waals surface area contributed by atoms with Crippen LogP contribution in [-0.2, 0) is 16.6 Å². The Kier molecular flexibility index (Phi) is 6.73. The van der Waals surface area contributed by atoms with E-state index in [0.29, 0.717) is 12.8 Å². The van der Waals surface area contributed by atoms with Crippen molar-refractivity contribution in [3.63, 3.8) is 0 Å². The summed E-state index contributed by atoms with van der Waals surface area (Å²) in [7, 11) is -3.90. The number of halogens is 1. The summed E-state index contributed by atoms with van der Waals surface area (Å²) in [5.41, 5.74) is 5.47. The van der Waals surface area contributed by atoms with Crippen LogP contribution in [0.5, 0.6) is 0 Å². The molecule has 1 rings (SSSR count). The molecule has 0 aliphatic rings. The van der Waals surface area contributed by atoms with Crippen LogP contribution in [0.1, 0.15) is 32.3 Å². The molecular formula is C14H23FN2O3S. The number of hydrogen-bond acceptors (Lipinski definition) is 4. The van der Waals surface area contributed by atoms with Gasteiger partial charge in [0, 0.05) is 24.7 Å². The van der Waals surface area contributed by atoms with Crippen molar-refractivity contribution in [1.29, 1.82) is 0 Å². The summed E-state index contributed by atoms with van der Waals surface area (Å²) in [5.74, 6) is -0.632. The molecule has 120 valence electrons. The van der Waals surface area contributed by atoms with Gasteiger partial charge in [0.05, 0.1) is 11.5 Å². The standard InChI is InChI=1S/C14H23FN2O3S/c1-3-11(4-2)17(8-9-18)21(19,20)14-7-5-6-13(15)12(14)10-16/h5-7,11,18H,3-4,8-10,16H2,1-2H3. The smallest absolute Gasteiger partial charge is 0.243 e. The number of hydrogen-bond donors (Lipinski definition) is 2. The van der Waals surface area contributed by atoms with E-state index in [1.54, 1.807) is 0 Å². The molecule has 0 bridgehead atoms. The van der Waals surface area contributed by atoms with Crippen LogP contribution >= 0.6 is 0 Å². The van der Waals surface area contributed by atoms with Gasteiger partial charge in [-0.05, 0) is 25.0 Å². The molecule has 21 heavy (non-hydrogen) atoms. The number of nitrogens with zero attached hydrogens (tertiary/aromatic N) is 1. The molecule has 0 atom stereocenters. The van der Waals surface area contributed by atoms with E-state index in [-0.39, 0.29) is 36.2 Å². The zero-order chi connectivity index (χ0) is 16.0. The highest BCUT2D eigenvalue weighted by atomic mass is 32.2. The summed E-state index contributed by atoms with van der Waals surface area (Å²) >= 11 is 0. The van der Waals surface area contributed by atoms with E-state index in [0.717, 1.165) is 0 Å². The van der Waals surface area contributed by atoms with Crippen LogP contribution in [0.15, 0.2) is 23.1 Å². The van der Waals surface area contributed by atoms with Crippen LogP contribution in [-0.4, -0.2) is 37.0 Å². The Bertz CT molecular complexity index is 559. The molecule has 0 radical (unpaired) electrons. The Morgan fingerprint density at radius 1 is 1.33 bits per heavy atom. The second-order valence-electron chi connectivity index (χ2n) is 4.73. The lowest BCUT2D eigenvalue weighted by Crippen LogP contribution is -2.42. The molecule has 1 aromatic rings. The summed E-state index contributed by atoms with van der Waals surface area (Å²) in [5, 5.41) is 9.16. The van der Waals surface area contributed by atoms with E-state index in [9.17, 15) is 12.8 Å². The van der Waals surface area contributed by atoms with E-state index in [1.807, 2.05) is 13.8 Å². The Labute approximate surface area is 125 Å². The summed E-state index contributed by atoms with van der Waals surface area (Å²) in [4.78, 5) is -0.120. The minimum Gasteiger partial charge on any atom is -0.395 e. The van der Waals surface area contributed by atoms with Crippen molar-refractivity contribution in [2.45, 2.75) is 44.2 Å². The molecule has 0 amide bonds. The SMILES string of the molecule is CCC(CC)N(CCO)S(=O)(=O)c1cccc(F)c1CN. The maximum absolute atomic E-state index is 13.8. The second kappa shape index (κ2) is 7.84. The quantitative estimate of drug-likeness (QED) is 0.760. The Morgan fingerprint density at radius 2 is 1.95 bits per heavy atom. The topological polar surface area (TPSA) is 83.6 Å². The first-order valence-corrected chi connectivity index (χ1v) is 8.48. The number of benzene rings is 1. The fourth-order valence-electron chi connectivity index (χ4n) is 2.40. The van der Waals surface area contributed by atoms with E-state index >= 15 is 0 Å². The van der Waals surface area contributed by atoms with E-state index in [4.69, 9.17) is 10.8 Å². The highest BCUT2D eigenvalue weighted by Gasteiger charge is 2.31. The molecule has 7 heteroatoms. The van der Waals surface area contributed by atoms with Gasteiger partial charge in [0.25, 0.3) is 0 Å². The van der Waals surface area contributed by atoms with Crippen LogP contribution in [0.4, 0.5) is 4.39 Å². The third-order valence-corrected chi connectivity index (χ3v) is 5.57. The highest BCUT2D eigenvalue weighted by molar-refractivity contribution is 7.89. The average Bonchev–Trinajstić information content (AvgIpc) is 2.47. The molecule has 0 spiro atoms. The fourth-order valence-corrected chi connectivity index (χ4v) is 4.41. The van der Waals surface area contributed by atoms with E-state index in [1.165, 1.54) is 22.5 Å². The third kappa shape index (κ3) is 3.79. The van der Waals surface area contributed by atoms with Gasteiger partial charge in [0.1, 0.15) is 5.82 Å². The minimum atomic E-state index is -3.90. The average molecular weight is 318 g/mol. The molecular weight excluding hydrogens is 295 g/mol. The molecule has 0 aromatic heterocycles. The van der Waals surface area contributed by atoms with Gasteiger partial charge in [-0.1, -0.05) is 19.9 Å². The highest BCUT2D eigenvalue weighted by Crippen LogP contribution is 2.25. The Morgan fingerprint density at radius 3 is 2.43 bits per heavy atom. The Balaban J connectivity index is 3.39. The molecule has 0 aliphatic heterocycles. The molecule has 0 saturated carbocycles. The second-order valence-corrected chi connectivity index (χ2v) is 6.59. The molecule has 0 unspecified atom stereocenters. The molecule has 0 fully saturated rings. The first-order valence-electron chi connectivity index (χ1n) is 7.04. The zero-order valence-corrected chi connectivity index (χ0v) is 13.2. The lowest BCUT2D eigenvalue weighted by molar-refractivity contribution is 0.219. The number of rotatable bonds is 8. The number of aliphatic hydroxyl groups excluding tert-OH is 1. The monoisotopic (exact) mass is 318 g/mol. The van der Waals surface area contributed by atoms with Crippen molar-refractivity contribution in [1.82, 2.24) is 4.31 Å². The van der Waals surface area contributed by atoms with Crippen molar-refractivity contribution < 1.29 is 17.9 Å². The third-order valence-electron chi connectivity index (χ3n) is 3.54. The lowest BCUT2D eigenvalue weighted by Gasteiger charge is -2.29. The van der Waals surface area contributed by atoms with Gasteiger partial charge in [-0.15, -0.1) is 0 Å². The van der Waals surface area contributed by atoms with E-state index in [2.05, 4.69) is 0 Å². The maximum atomic E-state index is 13.8. The zero-order valence-electron chi connectivity index (χ0n) is 12.4. The molecule has 5 nitrogen and oxygen atoms in total. The van der Waals surface area contributed by atoms with Crippen LogP contribution in [0.2, 0.25) is 0 Å². The van der Waals surface area contributed by atoms with Gasteiger partial charge in [-0.25, -0.2) is 12.8 Å². The summed E-state index contributed by atoms with van der Waals surface area (Å²) in [6.07, 6.45) is 1.23. The predicted octanol–water partition coefficient (Wildman–Crippen LogP) is 1.46. The van der Waals surface area contributed by atoms with Crippen LogP contribution in [0, 0.1) is 5.82 Å². The molecule has 0 saturated heterocycles. The van der Waals surface area contributed by atoms with Gasteiger partial charge in [0.2, 0.25) is 10.0 Å². The van der Waals surface area contributed by atoms with Crippen LogP contribution < -0.4 is 5.73 Å². The van der Waals surface area contributed by atoms with Gasteiger partial charge in [-0.3, -0.25) is 0 Å². The predicted molar refractivity (Wildman–Crippen MR) is 79.6 cm³/mol. The van der Waals surface area contributed by atoms with Crippen molar-refractivity contribution in [2.75, 3.05) is 13.2 Å². The summed E-state index contributed by atoms with van der Waals surface area (Å²) in [6.45, 7) is 3.25. The van der Waals surface area contributed by atoms with Gasteiger partial charge in [-0.2, -0.15) is 4.31 Å². The first-order chi connectivity index (χ1) is 9.93. The summed E-state index contributed by atoms with van der Waals surface area (Å²) in [6, 6.07) is 3.66. The van der Waals surface area contributed by atoms with E-state index < -0.39 is 15.8 Å².